The number of rotatable bonds is 2. The molecule has 0 bridgehead atoms. The van der Waals surface area contributed by atoms with Crippen LogP contribution in [0.15, 0.2) is 72.8 Å². The molecule has 0 saturated carbocycles. The molecule has 0 aromatic heterocycles. The van der Waals surface area contributed by atoms with Crippen LogP contribution in [0.3, 0.4) is 0 Å². The van der Waals surface area contributed by atoms with Gasteiger partial charge in [0.15, 0.2) is 0 Å². The summed E-state index contributed by atoms with van der Waals surface area (Å²) in [7, 11) is 2.65. The lowest BCUT2D eigenvalue weighted by Crippen LogP contribution is -2.51. The topological polar surface area (TPSA) is 52.6 Å². The van der Waals surface area contributed by atoms with Gasteiger partial charge in [-0.3, -0.25) is 0 Å². The van der Waals surface area contributed by atoms with Crippen molar-refractivity contribution in [3.05, 3.63) is 117 Å². The number of hydrogen-bond donors (Lipinski definition) is 0. The molecular formula is C34H30O4. The van der Waals surface area contributed by atoms with E-state index in [1.165, 1.54) is 47.6 Å². The van der Waals surface area contributed by atoms with Crippen LogP contribution in [0.25, 0.3) is 10.8 Å². The van der Waals surface area contributed by atoms with Gasteiger partial charge in [0.25, 0.3) is 0 Å². The van der Waals surface area contributed by atoms with Crippen molar-refractivity contribution < 1.29 is 19.1 Å². The van der Waals surface area contributed by atoms with E-state index in [1.807, 2.05) is 0 Å². The van der Waals surface area contributed by atoms with E-state index in [4.69, 9.17) is 9.47 Å². The SMILES string of the molecule is COC(=O)c1cc2cc3c(cc2cc1C(=O)OC)[C@@]1(C)c2ccccc2C2(C)c4ccccc4[C@]3(C)C21C. The van der Waals surface area contributed by atoms with Crippen molar-refractivity contribution >= 4 is 22.7 Å². The van der Waals surface area contributed by atoms with Crippen LogP contribution in [0, 0.1) is 5.41 Å². The van der Waals surface area contributed by atoms with E-state index in [9.17, 15) is 9.59 Å². The summed E-state index contributed by atoms with van der Waals surface area (Å²) in [5.41, 5.74) is 7.58. The fourth-order valence-electron chi connectivity index (χ4n) is 9.00. The van der Waals surface area contributed by atoms with Crippen molar-refractivity contribution in [3.63, 3.8) is 0 Å². The molecule has 190 valence electrons. The summed E-state index contributed by atoms with van der Waals surface area (Å²) in [6.07, 6.45) is 0. The van der Waals surface area contributed by atoms with Crippen molar-refractivity contribution in [1.82, 2.24) is 0 Å². The van der Waals surface area contributed by atoms with Crippen LogP contribution >= 0.6 is 0 Å². The first-order valence-electron chi connectivity index (χ1n) is 13.1. The average molecular weight is 503 g/mol. The lowest BCUT2D eigenvalue weighted by atomic mass is 9.52. The predicted molar refractivity (Wildman–Crippen MR) is 147 cm³/mol. The zero-order valence-electron chi connectivity index (χ0n) is 22.6. The monoisotopic (exact) mass is 502 g/mol. The van der Waals surface area contributed by atoms with Gasteiger partial charge >= 0.3 is 11.9 Å². The molecule has 4 aromatic carbocycles. The smallest absolute Gasteiger partial charge is 0.338 e. The Morgan fingerprint density at radius 1 is 0.526 bits per heavy atom. The molecule has 4 aromatic rings. The molecule has 0 fully saturated rings. The van der Waals surface area contributed by atoms with E-state index in [0.29, 0.717) is 0 Å². The third-order valence-corrected chi connectivity index (χ3v) is 11.0. The summed E-state index contributed by atoms with van der Waals surface area (Å²) < 4.78 is 10.1. The van der Waals surface area contributed by atoms with E-state index < -0.39 is 11.9 Å². The summed E-state index contributed by atoms with van der Waals surface area (Å²) >= 11 is 0. The largest absolute Gasteiger partial charge is 0.465 e. The number of benzene rings is 4. The zero-order valence-corrected chi connectivity index (χ0v) is 22.6. The highest BCUT2D eigenvalue weighted by atomic mass is 16.5. The molecule has 0 heterocycles. The highest BCUT2D eigenvalue weighted by Crippen LogP contribution is 2.82. The van der Waals surface area contributed by atoms with E-state index >= 15 is 0 Å². The molecule has 0 aliphatic heterocycles. The minimum absolute atomic E-state index is 0.184. The number of methoxy groups -OCH3 is 2. The van der Waals surface area contributed by atoms with Gasteiger partial charge in [0.05, 0.1) is 25.3 Å². The number of esters is 2. The molecule has 0 amide bonds. The van der Waals surface area contributed by atoms with E-state index in [0.717, 1.165) is 10.8 Å². The van der Waals surface area contributed by atoms with Crippen molar-refractivity contribution in [1.29, 1.82) is 0 Å². The summed E-state index contributed by atoms with van der Waals surface area (Å²) in [4.78, 5) is 25.4. The van der Waals surface area contributed by atoms with Gasteiger partial charge < -0.3 is 9.47 Å². The van der Waals surface area contributed by atoms with Crippen LogP contribution < -0.4 is 0 Å². The summed E-state index contributed by atoms with van der Waals surface area (Å²) in [5.74, 6) is -1.11. The summed E-state index contributed by atoms with van der Waals surface area (Å²) in [6, 6.07) is 25.9. The van der Waals surface area contributed by atoms with Crippen molar-refractivity contribution in [2.45, 2.75) is 43.9 Å². The van der Waals surface area contributed by atoms with Crippen LogP contribution in [0.5, 0.6) is 0 Å². The number of hydrogen-bond acceptors (Lipinski definition) is 4. The van der Waals surface area contributed by atoms with Gasteiger partial charge in [0.2, 0.25) is 0 Å². The molecule has 3 aliphatic rings. The molecule has 2 unspecified atom stereocenters. The van der Waals surface area contributed by atoms with Gasteiger partial charge in [-0.25, -0.2) is 9.59 Å². The van der Waals surface area contributed by atoms with Crippen molar-refractivity contribution in [3.8, 4) is 0 Å². The predicted octanol–water partition coefficient (Wildman–Crippen LogP) is 6.68. The zero-order chi connectivity index (χ0) is 26.8. The second-order valence-corrected chi connectivity index (χ2v) is 11.7. The van der Waals surface area contributed by atoms with Gasteiger partial charge in [0, 0.05) is 21.7 Å². The number of ether oxygens (including phenoxy) is 2. The molecule has 0 N–H and O–H groups in total. The van der Waals surface area contributed by atoms with Crippen LogP contribution in [-0.4, -0.2) is 26.2 Å². The minimum Gasteiger partial charge on any atom is -0.465 e. The molecule has 38 heavy (non-hydrogen) atoms. The van der Waals surface area contributed by atoms with Crippen LogP contribution in [0.1, 0.15) is 81.8 Å². The Bertz CT molecular complexity index is 1630. The Balaban J connectivity index is 1.65. The highest BCUT2D eigenvalue weighted by Gasteiger charge is 2.79. The third kappa shape index (κ3) is 2.11. The average Bonchev–Trinajstić information content (AvgIpc) is 3.30. The molecule has 0 saturated heterocycles. The maximum atomic E-state index is 12.7. The van der Waals surface area contributed by atoms with Gasteiger partial charge in [-0.1, -0.05) is 76.2 Å². The lowest BCUT2D eigenvalue weighted by Gasteiger charge is -2.49. The minimum atomic E-state index is -0.553. The molecule has 4 nitrogen and oxygen atoms in total. The van der Waals surface area contributed by atoms with E-state index in [2.05, 4.69) is 88.4 Å². The molecule has 0 radical (unpaired) electrons. The number of carbonyl (C=O) groups is 2. The standard InChI is InChI=1S/C34H30O4/c1-31-23-11-7-9-13-25(23)32(2)27-17-19-15-21(29(35)37-5)22(30(36)38-6)16-20(19)18-28(27)33(3,34(31,32)4)26-14-10-8-12-24(26)31/h7-18H,1-6H3/t31?,32-,33+,34?. The maximum absolute atomic E-state index is 12.7. The van der Waals surface area contributed by atoms with Crippen LogP contribution in [0.2, 0.25) is 0 Å². The van der Waals surface area contributed by atoms with E-state index in [1.54, 1.807) is 12.1 Å². The molecule has 3 aliphatic carbocycles. The Morgan fingerprint density at radius 2 is 0.842 bits per heavy atom. The Hall–Kier alpha value is -3.92. The van der Waals surface area contributed by atoms with E-state index in [-0.39, 0.29) is 32.8 Å². The van der Waals surface area contributed by atoms with Gasteiger partial charge in [-0.05, 0) is 68.4 Å². The van der Waals surface area contributed by atoms with Crippen molar-refractivity contribution in [2.24, 2.45) is 5.41 Å². The maximum Gasteiger partial charge on any atom is 0.338 e. The highest BCUT2D eigenvalue weighted by molar-refractivity contribution is 6.07. The Morgan fingerprint density at radius 3 is 1.16 bits per heavy atom. The van der Waals surface area contributed by atoms with Crippen LogP contribution in [0.4, 0.5) is 0 Å². The first-order valence-corrected chi connectivity index (χ1v) is 13.1. The third-order valence-electron chi connectivity index (χ3n) is 11.0. The fraction of sp³-hybridized carbons (Fsp3) is 0.294. The second kappa shape index (κ2) is 6.93. The van der Waals surface area contributed by atoms with Gasteiger partial charge in [-0.2, -0.15) is 0 Å². The number of carbonyl (C=O) groups excluding carboxylic acids is 2. The summed E-state index contributed by atoms with van der Waals surface area (Å²) in [6.45, 7) is 9.71. The quantitative estimate of drug-likeness (QED) is 0.287. The van der Waals surface area contributed by atoms with Crippen LogP contribution in [-0.2, 0) is 25.7 Å². The first kappa shape index (κ1) is 23.2. The molecular weight excluding hydrogens is 472 g/mol. The fourth-order valence-corrected chi connectivity index (χ4v) is 9.00. The second-order valence-electron chi connectivity index (χ2n) is 11.7. The van der Waals surface area contributed by atoms with Crippen molar-refractivity contribution in [2.75, 3.05) is 14.2 Å². The summed E-state index contributed by atoms with van der Waals surface area (Å²) in [5, 5.41) is 1.81. The van der Waals surface area contributed by atoms with Gasteiger partial charge in [-0.15, -0.1) is 0 Å². The Labute approximate surface area is 222 Å². The molecule has 0 spiro atoms. The molecule has 4 atom stereocenters. The molecule has 4 heteroatoms. The van der Waals surface area contributed by atoms with Gasteiger partial charge in [0.1, 0.15) is 0 Å². The lowest BCUT2D eigenvalue weighted by molar-refractivity contribution is 0.0555. The first-order chi connectivity index (χ1) is 18.1. The Kier molecular flexibility index (Phi) is 4.23. The number of fused-ring (bicyclic) bond motifs is 10. The normalized spacial score (nSPS) is 29.4. The molecule has 7 rings (SSSR count).